The van der Waals surface area contributed by atoms with Gasteiger partial charge in [-0.3, -0.25) is 0 Å². The summed E-state index contributed by atoms with van der Waals surface area (Å²) in [7, 11) is 0. The fraction of sp³-hybridized carbons (Fsp3) is 0.917. The van der Waals surface area contributed by atoms with Crippen LogP contribution < -0.4 is 5.32 Å². The topological polar surface area (TPSA) is 38.3 Å². The predicted molar refractivity (Wildman–Crippen MR) is 62.9 cm³/mol. The highest BCUT2D eigenvalue weighted by atomic mass is 16.5. The van der Waals surface area contributed by atoms with Gasteiger partial charge in [-0.05, 0) is 25.7 Å². The molecule has 15 heavy (non-hydrogen) atoms. The first-order valence-corrected chi connectivity index (χ1v) is 6.07. The molecule has 0 aliphatic rings. The highest BCUT2D eigenvalue weighted by molar-refractivity contribution is 5.67. The molecule has 3 nitrogen and oxygen atoms in total. The third-order valence-electron chi connectivity index (χ3n) is 2.62. The van der Waals surface area contributed by atoms with Crippen molar-refractivity contribution >= 4 is 6.09 Å². The van der Waals surface area contributed by atoms with Crippen LogP contribution in [0.15, 0.2) is 0 Å². The lowest BCUT2D eigenvalue weighted by Crippen LogP contribution is -2.36. The average molecular weight is 215 g/mol. The summed E-state index contributed by atoms with van der Waals surface area (Å²) >= 11 is 0. The Kier molecular flexibility index (Phi) is 8.15. The molecule has 0 aliphatic heterocycles. The molecule has 3 heteroatoms. The van der Waals surface area contributed by atoms with Crippen LogP contribution in [0.4, 0.5) is 4.79 Å². The zero-order valence-electron chi connectivity index (χ0n) is 10.5. The van der Waals surface area contributed by atoms with E-state index in [0.717, 1.165) is 25.7 Å². The molecule has 0 aromatic heterocycles. The van der Waals surface area contributed by atoms with Gasteiger partial charge in [0.1, 0.15) is 0 Å². The normalized spacial score (nSPS) is 14.4. The standard InChI is InChI=1S/C12H25NO2/c1-5-8-11(9-10(4)6-2)13-12(14)15-7-3/h10-11H,5-9H2,1-4H3,(H,13,14). The molecular formula is C12H25NO2. The molecule has 1 amide bonds. The molecule has 0 bridgehead atoms. The Balaban J connectivity index is 3.96. The lowest BCUT2D eigenvalue weighted by molar-refractivity contribution is 0.145. The molecule has 0 radical (unpaired) electrons. The summed E-state index contributed by atoms with van der Waals surface area (Å²) in [6.07, 6.45) is 4.05. The summed E-state index contributed by atoms with van der Waals surface area (Å²) in [6, 6.07) is 0.268. The minimum absolute atomic E-state index is 0.268. The summed E-state index contributed by atoms with van der Waals surface area (Å²) in [5, 5.41) is 2.92. The largest absolute Gasteiger partial charge is 0.450 e. The number of hydrogen-bond donors (Lipinski definition) is 1. The third kappa shape index (κ3) is 7.23. The van der Waals surface area contributed by atoms with Gasteiger partial charge in [0.05, 0.1) is 6.61 Å². The van der Waals surface area contributed by atoms with Gasteiger partial charge in [-0.1, -0.05) is 33.6 Å². The molecule has 0 saturated heterocycles. The molecule has 90 valence electrons. The summed E-state index contributed by atoms with van der Waals surface area (Å²) < 4.78 is 4.88. The van der Waals surface area contributed by atoms with E-state index >= 15 is 0 Å². The number of carbonyl (C=O) groups is 1. The Morgan fingerprint density at radius 3 is 2.47 bits per heavy atom. The van der Waals surface area contributed by atoms with Crippen LogP contribution in [0.2, 0.25) is 0 Å². The van der Waals surface area contributed by atoms with E-state index < -0.39 is 0 Å². The third-order valence-corrected chi connectivity index (χ3v) is 2.62. The van der Waals surface area contributed by atoms with E-state index in [1.807, 2.05) is 6.92 Å². The van der Waals surface area contributed by atoms with Crippen molar-refractivity contribution in [1.82, 2.24) is 5.32 Å². The number of alkyl carbamates (subject to hydrolysis) is 1. The Labute approximate surface area is 93.6 Å². The maximum Gasteiger partial charge on any atom is 0.407 e. The van der Waals surface area contributed by atoms with Crippen molar-refractivity contribution in [1.29, 1.82) is 0 Å². The SMILES string of the molecule is CCCC(CC(C)CC)NC(=O)OCC. The van der Waals surface area contributed by atoms with Gasteiger partial charge in [0.2, 0.25) is 0 Å². The average Bonchev–Trinajstić information content (AvgIpc) is 2.18. The lowest BCUT2D eigenvalue weighted by Gasteiger charge is -2.20. The highest BCUT2D eigenvalue weighted by Gasteiger charge is 2.14. The molecule has 0 aliphatic carbocycles. The van der Waals surface area contributed by atoms with Crippen molar-refractivity contribution in [3.8, 4) is 0 Å². The first kappa shape index (κ1) is 14.3. The molecule has 0 rings (SSSR count). The van der Waals surface area contributed by atoms with Crippen molar-refractivity contribution in [2.45, 2.75) is 59.4 Å². The van der Waals surface area contributed by atoms with E-state index in [2.05, 4.69) is 26.1 Å². The number of nitrogens with one attached hydrogen (secondary N) is 1. The fourth-order valence-corrected chi connectivity index (χ4v) is 1.59. The summed E-state index contributed by atoms with van der Waals surface area (Å²) in [5.74, 6) is 0.656. The second-order valence-corrected chi connectivity index (χ2v) is 4.10. The van der Waals surface area contributed by atoms with Crippen LogP contribution in [0.3, 0.4) is 0 Å². The van der Waals surface area contributed by atoms with Gasteiger partial charge in [0.25, 0.3) is 0 Å². The van der Waals surface area contributed by atoms with E-state index in [4.69, 9.17) is 4.74 Å². The van der Waals surface area contributed by atoms with Crippen molar-refractivity contribution in [3.63, 3.8) is 0 Å². The summed E-state index contributed by atoms with van der Waals surface area (Å²) in [4.78, 5) is 11.3. The quantitative estimate of drug-likeness (QED) is 0.707. The zero-order chi connectivity index (χ0) is 11.7. The Bertz CT molecular complexity index is 171. The van der Waals surface area contributed by atoms with Crippen LogP contribution >= 0.6 is 0 Å². The van der Waals surface area contributed by atoms with Gasteiger partial charge >= 0.3 is 6.09 Å². The summed E-state index contributed by atoms with van der Waals surface area (Å²) in [5.41, 5.74) is 0. The smallest absolute Gasteiger partial charge is 0.407 e. The molecular weight excluding hydrogens is 190 g/mol. The first-order valence-electron chi connectivity index (χ1n) is 6.07. The van der Waals surface area contributed by atoms with Gasteiger partial charge in [0, 0.05) is 6.04 Å². The van der Waals surface area contributed by atoms with Crippen LogP contribution in [0.25, 0.3) is 0 Å². The minimum atomic E-state index is -0.278. The number of rotatable bonds is 7. The number of carbonyl (C=O) groups excluding carboxylic acids is 1. The van der Waals surface area contributed by atoms with E-state index in [1.165, 1.54) is 0 Å². The second-order valence-electron chi connectivity index (χ2n) is 4.10. The van der Waals surface area contributed by atoms with E-state index in [0.29, 0.717) is 12.5 Å². The maximum atomic E-state index is 11.3. The number of ether oxygens (including phenoxy) is 1. The molecule has 0 saturated carbocycles. The molecule has 0 aromatic carbocycles. The van der Waals surface area contributed by atoms with Gasteiger partial charge in [0.15, 0.2) is 0 Å². The fourth-order valence-electron chi connectivity index (χ4n) is 1.59. The Morgan fingerprint density at radius 1 is 1.33 bits per heavy atom. The lowest BCUT2D eigenvalue weighted by atomic mass is 9.97. The van der Waals surface area contributed by atoms with Crippen molar-refractivity contribution in [2.75, 3.05) is 6.61 Å². The molecule has 0 aromatic rings. The van der Waals surface area contributed by atoms with Gasteiger partial charge in [-0.2, -0.15) is 0 Å². The summed E-state index contributed by atoms with van der Waals surface area (Å²) in [6.45, 7) is 8.79. The van der Waals surface area contributed by atoms with Crippen molar-refractivity contribution in [3.05, 3.63) is 0 Å². The van der Waals surface area contributed by atoms with Gasteiger partial charge < -0.3 is 10.1 Å². The van der Waals surface area contributed by atoms with Crippen LogP contribution in [0.1, 0.15) is 53.4 Å². The van der Waals surface area contributed by atoms with Crippen molar-refractivity contribution in [2.24, 2.45) is 5.92 Å². The first-order chi connectivity index (χ1) is 7.13. The molecule has 2 unspecified atom stereocenters. The monoisotopic (exact) mass is 215 g/mol. The minimum Gasteiger partial charge on any atom is -0.450 e. The number of amides is 1. The van der Waals surface area contributed by atoms with Crippen molar-refractivity contribution < 1.29 is 9.53 Å². The van der Waals surface area contributed by atoms with E-state index in [1.54, 1.807) is 0 Å². The van der Waals surface area contributed by atoms with Crippen LogP contribution in [-0.4, -0.2) is 18.7 Å². The van der Waals surface area contributed by atoms with Gasteiger partial charge in [-0.15, -0.1) is 0 Å². The Hall–Kier alpha value is -0.730. The molecule has 2 atom stereocenters. The van der Waals surface area contributed by atoms with E-state index in [9.17, 15) is 4.79 Å². The van der Waals surface area contributed by atoms with E-state index in [-0.39, 0.29) is 12.1 Å². The van der Waals surface area contributed by atoms with Gasteiger partial charge in [-0.25, -0.2) is 4.79 Å². The van der Waals surface area contributed by atoms with Crippen LogP contribution in [0, 0.1) is 5.92 Å². The molecule has 1 N–H and O–H groups in total. The highest BCUT2D eigenvalue weighted by Crippen LogP contribution is 2.13. The second kappa shape index (κ2) is 8.57. The predicted octanol–water partition coefficient (Wildman–Crippen LogP) is 3.34. The number of hydrogen-bond acceptors (Lipinski definition) is 2. The zero-order valence-corrected chi connectivity index (χ0v) is 10.5. The Morgan fingerprint density at radius 2 is 2.00 bits per heavy atom. The molecule has 0 heterocycles. The molecule has 0 fully saturated rings. The maximum absolute atomic E-state index is 11.3. The molecule has 0 spiro atoms. The van der Waals surface area contributed by atoms with Crippen LogP contribution in [-0.2, 0) is 4.74 Å². The van der Waals surface area contributed by atoms with Crippen LogP contribution in [0.5, 0.6) is 0 Å².